The second-order valence-corrected chi connectivity index (χ2v) is 13.4. The van der Waals surface area contributed by atoms with E-state index in [1.807, 2.05) is 6.08 Å². The van der Waals surface area contributed by atoms with Gasteiger partial charge in [-0.15, -0.1) is 5.10 Å². The number of likely N-dealkylation sites (tertiary alicyclic amines) is 1. The third-order valence-corrected chi connectivity index (χ3v) is 10.0. The zero-order chi connectivity index (χ0) is 35.4. The number of hydrogen-bond acceptors (Lipinski definition) is 8. The second-order valence-electron chi connectivity index (χ2n) is 13.4. The molecule has 5 heterocycles. The van der Waals surface area contributed by atoms with Gasteiger partial charge in [0.25, 0.3) is 11.5 Å². The van der Waals surface area contributed by atoms with Gasteiger partial charge in [0, 0.05) is 41.6 Å². The van der Waals surface area contributed by atoms with Gasteiger partial charge in [-0.25, -0.2) is 4.98 Å². The number of carbonyl (C=O) groups excluding carboxylic acids is 2. The quantitative estimate of drug-likeness (QED) is 0.296. The van der Waals surface area contributed by atoms with Crippen LogP contribution in [-0.4, -0.2) is 72.3 Å². The molecule has 0 atom stereocenters. The molecule has 15 heteroatoms. The predicted octanol–water partition coefficient (Wildman–Crippen LogP) is 4.70. The summed E-state index contributed by atoms with van der Waals surface area (Å²) in [5.74, 6) is -0.843. The Morgan fingerprint density at radius 2 is 1.90 bits per heavy atom. The first-order valence-electron chi connectivity index (χ1n) is 16.6. The molecule has 4 aromatic rings. The van der Waals surface area contributed by atoms with Crippen LogP contribution < -0.4 is 10.9 Å². The third kappa shape index (κ3) is 5.92. The first-order chi connectivity index (χ1) is 23.9. The molecule has 1 aromatic carbocycles. The van der Waals surface area contributed by atoms with Gasteiger partial charge in [0.2, 0.25) is 11.7 Å². The smallest absolute Gasteiger partial charge is 0.416 e. The van der Waals surface area contributed by atoms with Gasteiger partial charge < -0.3 is 24.6 Å². The zero-order valence-electron chi connectivity index (χ0n) is 27.6. The maximum absolute atomic E-state index is 14.3. The standard InChI is InChI=1S/C35H36F3N7O5/c1-20(2)23-18-22(35(36,37)38)5-6-24(23)40-27(47)19-44-25-7-10-34(11-14-43(15-12-34)32(49)29-26(46)4-3-13-39-29)28(25)31(48)45-33(44)41-30(42-45)21-8-16-50-17-9-21/h3-6,8,13,18,20,46H,7,9-12,14-17,19H2,1-2H3,(H,40,47). The Morgan fingerprint density at radius 1 is 1.12 bits per heavy atom. The first kappa shape index (κ1) is 33.4. The number of amides is 2. The molecule has 262 valence electrons. The van der Waals surface area contributed by atoms with Gasteiger partial charge in [0.1, 0.15) is 12.3 Å². The van der Waals surface area contributed by atoms with Crippen molar-refractivity contribution in [2.45, 2.75) is 70.0 Å². The molecule has 12 nitrogen and oxygen atoms in total. The van der Waals surface area contributed by atoms with Crippen LogP contribution >= 0.6 is 0 Å². The molecule has 0 unspecified atom stereocenters. The molecule has 1 fully saturated rings. The van der Waals surface area contributed by atoms with E-state index in [1.54, 1.807) is 29.4 Å². The summed E-state index contributed by atoms with van der Waals surface area (Å²) in [6.07, 6.45) is 1.35. The highest BCUT2D eigenvalue weighted by Crippen LogP contribution is 2.45. The molecule has 1 aliphatic carbocycles. The summed E-state index contributed by atoms with van der Waals surface area (Å²) in [5.41, 5.74) is 0.862. The van der Waals surface area contributed by atoms with Crippen LogP contribution in [0, 0.1) is 0 Å². The van der Waals surface area contributed by atoms with Crippen LogP contribution in [0.1, 0.15) is 84.1 Å². The van der Waals surface area contributed by atoms with E-state index in [-0.39, 0.29) is 40.9 Å². The Labute approximate surface area is 284 Å². The Hall–Kier alpha value is -5.05. The number of benzene rings is 1. The van der Waals surface area contributed by atoms with Gasteiger partial charge in [-0.3, -0.25) is 14.4 Å². The van der Waals surface area contributed by atoms with Gasteiger partial charge in [0.05, 0.1) is 18.8 Å². The van der Waals surface area contributed by atoms with E-state index in [2.05, 4.69) is 15.4 Å². The van der Waals surface area contributed by atoms with Crippen molar-refractivity contribution in [2.75, 3.05) is 31.6 Å². The second kappa shape index (κ2) is 12.7. The number of fused-ring (bicyclic) bond motifs is 3. The van der Waals surface area contributed by atoms with Crippen LogP contribution in [0.25, 0.3) is 11.4 Å². The van der Waals surface area contributed by atoms with Gasteiger partial charge in [-0.1, -0.05) is 19.9 Å². The summed E-state index contributed by atoms with van der Waals surface area (Å²) in [5, 5.41) is 17.6. The molecule has 2 N–H and O–H groups in total. The highest BCUT2D eigenvalue weighted by molar-refractivity contribution is 5.95. The van der Waals surface area contributed by atoms with Gasteiger partial charge in [-0.05, 0) is 79.5 Å². The summed E-state index contributed by atoms with van der Waals surface area (Å²) in [6.45, 7) is 4.76. The summed E-state index contributed by atoms with van der Waals surface area (Å²) in [4.78, 5) is 51.7. The lowest BCUT2D eigenvalue weighted by Crippen LogP contribution is -2.46. The number of halogens is 3. The van der Waals surface area contributed by atoms with Crippen molar-refractivity contribution in [3.8, 4) is 5.75 Å². The van der Waals surface area contributed by atoms with Crippen molar-refractivity contribution in [3.05, 3.63) is 86.9 Å². The van der Waals surface area contributed by atoms with E-state index in [0.29, 0.717) is 81.1 Å². The van der Waals surface area contributed by atoms with E-state index in [9.17, 15) is 32.7 Å². The Bertz CT molecular complexity index is 2090. The van der Waals surface area contributed by atoms with Crippen molar-refractivity contribution in [1.82, 2.24) is 29.0 Å². The monoisotopic (exact) mass is 691 g/mol. The van der Waals surface area contributed by atoms with Crippen molar-refractivity contribution >= 4 is 28.9 Å². The number of alkyl halides is 3. The number of ether oxygens (including phenoxy) is 1. The molecule has 0 bridgehead atoms. The molecule has 2 amide bonds. The van der Waals surface area contributed by atoms with Crippen LogP contribution in [-0.2, 0) is 34.1 Å². The average Bonchev–Trinajstić information content (AvgIpc) is 3.70. The number of hydrogen-bond donors (Lipinski definition) is 2. The minimum atomic E-state index is -4.53. The Kier molecular flexibility index (Phi) is 8.48. The third-order valence-electron chi connectivity index (χ3n) is 10.0. The van der Waals surface area contributed by atoms with E-state index >= 15 is 0 Å². The number of anilines is 1. The maximum atomic E-state index is 14.3. The molecule has 0 radical (unpaired) electrons. The number of pyridine rings is 1. The molecule has 0 saturated carbocycles. The van der Waals surface area contributed by atoms with E-state index < -0.39 is 29.0 Å². The molecular formula is C35H36F3N7O5. The van der Waals surface area contributed by atoms with Crippen molar-refractivity contribution in [3.63, 3.8) is 0 Å². The summed E-state index contributed by atoms with van der Waals surface area (Å²) < 4.78 is 48.8. The molecule has 7 rings (SSSR count). The highest BCUT2D eigenvalue weighted by Gasteiger charge is 2.46. The largest absolute Gasteiger partial charge is 0.505 e. The molecule has 1 saturated heterocycles. The van der Waals surface area contributed by atoms with Crippen LogP contribution in [0.4, 0.5) is 18.9 Å². The lowest BCUT2D eigenvalue weighted by atomic mass is 9.74. The number of nitrogens with zero attached hydrogens (tertiary/aromatic N) is 6. The van der Waals surface area contributed by atoms with E-state index in [4.69, 9.17) is 9.72 Å². The average molecular weight is 692 g/mol. The number of rotatable bonds is 6. The fourth-order valence-electron chi connectivity index (χ4n) is 7.42. The van der Waals surface area contributed by atoms with Crippen LogP contribution in [0.15, 0.2) is 47.4 Å². The lowest BCUT2D eigenvalue weighted by molar-refractivity contribution is -0.137. The molecular weight excluding hydrogens is 655 g/mol. The van der Waals surface area contributed by atoms with Crippen molar-refractivity contribution in [2.24, 2.45) is 0 Å². The number of aromatic nitrogens is 5. The van der Waals surface area contributed by atoms with Crippen LogP contribution in [0.5, 0.6) is 5.75 Å². The number of aromatic hydroxyl groups is 1. The van der Waals surface area contributed by atoms with Crippen molar-refractivity contribution < 1.29 is 32.6 Å². The fourth-order valence-corrected chi connectivity index (χ4v) is 7.42. The normalized spacial score (nSPS) is 17.3. The zero-order valence-corrected chi connectivity index (χ0v) is 27.6. The molecule has 1 spiro atoms. The summed E-state index contributed by atoms with van der Waals surface area (Å²) >= 11 is 0. The molecule has 3 aromatic heterocycles. The fraction of sp³-hybridized carbons (Fsp3) is 0.429. The van der Waals surface area contributed by atoms with E-state index in [1.165, 1.54) is 22.8 Å². The summed E-state index contributed by atoms with van der Waals surface area (Å²) in [6, 6.07) is 6.22. The van der Waals surface area contributed by atoms with Crippen molar-refractivity contribution in [1.29, 1.82) is 0 Å². The Morgan fingerprint density at radius 3 is 2.58 bits per heavy atom. The lowest BCUT2D eigenvalue weighted by Gasteiger charge is -2.39. The highest BCUT2D eigenvalue weighted by atomic mass is 19.4. The predicted molar refractivity (Wildman–Crippen MR) is 176 cm³/mol. The van der Waals surface area contributed by atoms with Gasteiger partial charge in [-0.2, -0.15) is 22.7 Å². The first-order valence-corrected chi connectivity index (χ1v) is 16.6. The number of nitrogens with one attached hydrogen (secondary N) is 1. The summed E-state index contributed by atoms with van der Waals surface area (Å²) in [7, 11) is 0. The Balaban J connectivity index is 1.25. The number of carbonyl (C=O) groups is 2. The topological polar surface area (TPSA) is 144 Å². The minimum absolute atomic E-state index is 0.0309. The SMILES string of the molecule is CC(C)c1cc(C(F)(F)F)ccc1NC(=O)Cn1c2c(c(=O)n3nc(C4=CCOCC4)nc13)C1(CC2)CCN(C(=O)c2ncccc2O)CC1. The van der Waals surface area contributed by atoms with Crippen LogP contribution in [0.3, 0.4) is 0 Å². The number of piperidine rings is 1. The molecule has 50 heavy (non-hydrogen) atoms. The maximum Gasteiger partial charge on any atom is 0.416 e. The molecule has 2 aliphatic heterocycles. The van der Waals surface area contributed by atoms with Gasteiger partial charge in [0.15, 0.2) is 11.5 Å². The van der Waals surface area contributed by atoms with Crippen LogP contribution in [0.2, 0.25) is 0 Å². The minimum Gasteiger partial charge on any atom is -0.505 e. The van der Waals surface area contributed by atoms with E-state index in [0.717, 1.165) is 17.7 Å². The molecule has 3 aliphatic rings. The van der Waals surface area contributed by atoms with Gasteiger partial charge >= 0.3 is 6.18 Å².